The van der Waals surface area contributed by atoms with Gasteiger partial charge in [-0.2, -0.15) is 0 Å². The van der Waals surface area contributed by atoms with Gasteiger partial charge in [0.05, 0.1) is 0 Å². The highest BCUT2D eigenvalue weighted by atomic mass is 27.1. The van der Waals surface area contributed by atoms with Gasteiger partial charge >= 0.3 is 16.6 Å². The maximum atomic E-state index is 5.13. The third-order valence-corrected chi connectivity index (χ3v) is 1.90. The van der Waals surface area contributed by atoms with E-state index in [1.165, 1.54) is 12.8 Å². The zero-order valence-electron chi connectivity index (χ0n) is 5.40. The monoisotopic (exact) mass is 116 g/mol. The molecule has 0 aliphatic rings. The Kier molecular flexibility index (Phi) is 4.97. The topological polar surface area (TPSA) is 9.23 Å². The molecular formula is C5H13AlO. The van der Waals surface area contributed by atoms with Crippen LogP contribution in [0.3, 0.4) is 0 Å². The summed E-state index contributed by atoms with van der Waals surface area (Å²) >= 11 is 0.887. The predicted molar refractivity (Wildman–Crippen MR) is 34.0 cm³/mol. The highest BCUT2D eigenvalue weighted by Crippen LogP contribution is 1.96. The quantitative estimate of drug-likeness (QED) is 0.494. The third kappa shape index (κ3) is 4.34. The largest absolute Gasteiger partial charge is 0.504 e. The van der Waals surface area contributed by atoms with Crippen LogP contribution in [0.5, 0.6) is 0 Å². The van der Waals surface area contributed by atoms with Gasteiger partial charge in [-0.05, 0) is 13.3 Å². The summed E-state index contributed by atoms with van der Waals surface area (Å²) in [5, 5.41) is 0. The molecule has 1 nitrogen and oxygen atoms in total. The lowest BCUT2D eigenvalue weighted by molar-refractivity contribution is 0.230. The third-order valence-electron chi connectivity index (χ3n) is 1.10. The lowest BCUT2D eigenvalue weighted by Gasteiger charge is -2.06. The Morgan fingerprint density at radius 3 is 2.43 bits per heavy atom. The molecule has 0 fully saturated rings. The molecule has 2 heteroatoms. The predicted octanol–water partition coefficient (Wildman–Crippen LogP) is 0.740. The molecule has 0 aliphatic heterocycles. The van der Waals surface area contributed by atoms with Crippen molar-refractivity contribution in [3.8, 4) is 0 Å². The normalized spacial score (nSPS) is 14.0. The van der Waals surface area contributed by atoms with Crippen molar-refractivity contribution >= 4 is 16.6 Å². The summed E-state index contributed by atoms with van der Waals surface area (Å²) in [5.41, 5.74) is 0. The van der Waals surface area contributed by atoms with Crippen LogP contribution < -0.4 is 0 Å². The van der Waals surface area contributed by atoms with Crippen LogP contribution in [0.2, 0.25) is 0 Å². The molecule has 0 aliphatic carbocycles. The first-order chi connectivity index (χ1) is 3.31. The summed E-state index contributed by atoms with van der Waals surface area (Å²) in [5.74, 6) is 0. The van der Waals surface area contributed by atoms with E-state index in [-0.39, 0.29) is 0 Å². The summed E-state index contributed by atoms with van der Waals surface area (Å²) < 4.78 is 5.13. The zero-order chi connectivity index (χ0) is 5.70. The van der Waals surface area contributed by atoms with Crippen molar-refractivity contribution in [2.45, 2.75) is 32.8 Å². The molecule has 0 saturated carbocycles. The lowest BCUT2D eigenvalue weighted by atomic mass is 10.2. The van der Waals surface area contributed by atoms with Gasteiger partial charge in [-0.1, -0.05) is 13.3 Å². The minimum absolute atomic E-state index is 0.511. The highest BCUT2D eigenvalue weighted by molar-refractivity contribution is 5.98. The van der Waals surface area contributed by atoms with Crippen LogP contribution >= 0.6 is 0 Å². The standard InChI is InChI=1S/C5H11O.Al.2H/c1-3-4-5(2)6;;;/h5H,3-4H2,1-2H3;;;/q-1;+1;;. The average molecular weight is 116 g/mol. The van der Waals surface area contributed by atoms with Crippen LogP contribution in [0.1, 0.15) is 26.7 Å². The van der Waals surface area contributed by atoms with E-state index in [9.17, 15) is 0 Å². The fourth-order valence-electron chi connectivity index (χ4n) is 0.524. The van der Waals surface area contributed by atoms with Crippen LogP contribution in [0.15, 0.2) is 0 Å². The Hall–Kier alpha value is 0.492. The summed E-state index contributed by atoms with van der Waals surface area (Å²) in [7, 11) is 0. The molecule has 0 aromatic heterocycles. The van der Waals surface area contributed by atoms with Crippen molar-refractivity contribution in [3.05, 3.63) is 0 Å². The number of hydrogen-bond donors (Lipinski definition) is 0. The maximum Gasteiger partial charge on any atom is 0.410 e. The zero-order valence-corrected chi connectivity index (χ0v) is 7.40. The molecule has 0 bridgehead atoms. The Morgan fingerprint density at radius 2 is 2.29 bits per heavy atom. The Bertz CT molecular complexity index is 39.1. The van der Waals surface area contributed by atoms with Crippen molar-refractivity contribution in [1.29, 1.82) is 0 Å². The van der Waals surface area contributed by atoms with Gasteiger partial charge in [0, 0.05) is 6.10 Å². The second-order valence-electron chi connectivity index (χ2n) is 1.83. The second-order valence-corrected chi connectivity index (χ2v) is 2.31. The van der Waals surface area contributed by atoms with E-state index < -0.39 is 0 Å². The molecular weight excluding hydrogens is 103 g/mol. The molecule has 0 heterocycles. The van der Waals surface area contributed by atoms with Crippen molar-refractivity contribution in [3.63, 3.8) is 0 Å². The van der Waals surface area contributed by atoms with Gasteiger partial charge in [-0.15, -0.1) is 0 Å². The second kappa shape index (κ2) is 4.65. The first-order valence-corrected chi connectivity index (χ1v) is 3.65. The van der Waals surface area contributed by atoms with Gasteiger partial charge < -0.3 is 3.79 Å². The first kappa shape index (κ1) is 7.49. The van der Waals surface area contributed by atoms with E-state index in [4.69, 9.17) is 3.79 Å². The van der Waals surface area contributed by atoms with Gasteiger partial charge in [-0.25, -0.2) is 0 Å². The molecule has 0 rings (SSSR count). The van der Waals surface area contributed by atoms with Crippen molar-refractivity contribution in [2.24, 2.45) is 0 Å². The fourth-order valence-corrected chi connectivity index (χ4v) is 0.760. The molecule has 0 aromatic carbocycles. The smallest absolute Gasteiger partial charge is 0.410 e. The fraction of sp³-hybridized carbons (Fsp3) is 1.00. The van der Waals surface area contributed by atoms with Crippen LogP contribution in [-0.2, 0) is 3.79 Å². The van der Waals surface area contributed by atoms with Crippen molar-refractivity contribution in [1.82, 2.24) is 0 Å². The van der Waals surface area contributed by atoms with Crippen LogP contribution in [-0.4, -0.2) is 22.7 Å². The minimum atomic E-state index is 0.511. The molecule has 1 unspecified atom stereocenters. The molecule has 0 N–H and O–H groups in total. The summed E-state index contributed by atoms with van der Waals surface area (Å²) in [6.45, 7) is 4.30. The number of rotatable bonds is 3. The summed E-state index contributed by atoms with van der Waals surface area (Å²) in [6, 6.07) is 0. The molecule has 1 atom stereocenters. The molecule has 0 aromatic rings. The Labute approximate surface area is 53.8 Å². The Morgan fingerprint density at radius 1 is 1.71 bits per heavy atom. The van der Waals surface area contributed by atoms with Gasteiger partial charge in [0.15, 0.2) is 0 Å². The van der Waals surface area contributed by atoms with Gasteiger partial charge in [0.25, 0.3) is 0 Å². The van der Waals surface area contributed by atoms with Crippen LogP contribution in [0.25, 0.3) is 0 Å². The van der Waals surface area contributed by atoms with Gasteiger partial charge in [-0.3, -0.25) is 0 Å². The van der Waals surface area contributed by atoms with E-state index in [0.717, 1.165) is 16.6 Å². The summed E-state index contributed by atoms with van der Waals surface area (Å²) in [4.78, 5) is 0. The minimum Gasteiger partial charge on any atom is -0.504 e. The van der Waals surface area contributed by atoms with Crippen LogP contribution in [0, 0.1) is 0 Å². The molecule has 0 radical (unpaired) electrons. The molecule has 0 saturated heterocycles. The first-order valence-electron chi connectivity index (χ1n) is 2.84. The van der Waals surface area contributed by atoms with Gasteiger partial charge in [0.1, 0.15) is 0 Å². The molecule has 42 valence electrons. The highest BCUT2D eigenvalue weighted by Gasteiger charge is 1.91. The number of hydrogen-bond acceptors (Lipinski definition) is 1. The van der Waals surface area contributed by atoms with E-state index in [2.05, 4.69) is 13.8 Å². The van der Waals surface area contributed by atoms with E-state index in [1.54, 1.807) is 0 Å². The van der Waals surface area contributed by atoms with E-state index in [1.807, 2.05) is 0 Å². The van der Waals surface area contributed by atoms with E-state index in [0.29, 0.717) is 6.10 Å². The van der Waals surface area contributed by atoms with E-state index >= 15 is 0 Å². The maximum absolute atomic E-state index is 5.13. The van der Waals surface area contributed by atoms with Gasteiger partial charge in [0.2, 0.25) is 0 Å². The summed E-state index contributed by atoms with van der Waals surface area (Å²) in [6.07, 6.45) is 2.96. The van der Waals surface area contributed by atoms with Crippen LogP contribution in [0.4, 0.5) is 0 Å². The lowest BCUT2D eigenvalue weighted by Crippen LogP contribution is -2.03. The molecule has 0 amide bonds. The van der Waals surface area contributed by atoms with Crippen molar-refractivity contribution < 1.29 is 3.79 Å². The van der Waals surface area contributed by atoms with Crippen molar-refractivity contribution in [2.75, 3.05) is 0 Å². The molecule has 0 spiro atoms. The Balaban J connectivity index is 2.83. The molecule has 7 heavy (non-hydrogen) atoms. The SMILES string of the molecule is CCCC(C)[O][AlH2]. The average Bonchev–Trinajstić information content (AvgIpc) is 1.68.